The molecule has 7 heteroatoms. The molecule has 2 N–H and O–H groups in total. The van der Waals surface area contributed by atoms with Crippen LogP contribution in [0.15, 0.2) is 65.9 Å². The van der Waals surface area contributed by atoms with E-state index in [0.717, 1.165) is 29.3 Å². The standard InChI is InChI=1S/C24H31FN6/c1-5-26-24(27-16-19-10-11-23(25)21(14-19)17-30(3)4)29-18(2)20-8-6-9-22(15-20)31-13-7-12-28-31/h6-15,18H,5,16-17H2,1-4H3,(H2,26,27,29). The number of halogens is 1. The largest absolute Gasteiger partial charge is 0.357 e. The second-order valence-electron chi connectivity index (χ2n) is 7.77. The van der Waals surface area contributed by atoms with Crippen molar-refractivity contribution in [1.29, 1.82) is 0 Å². The summed E-state index contributed by atoms with van der Waals surface area (Å²) >= 11 is 0. The number of aromatic nitrogens is 2. The van der Waals surface area contributed by atoms with Crippen LogP contribution in [0.1, 0.15) is 36.6 Å². The molecule has 164 valence electrons. The molecule has 3 aromatic rings. The number of benzene rings is 2. The van der Waals surface area contributed by atoms with Crippen LogP contribution in [0.3, 0.4) is 0 Å². The molecule has 3 rings (SSSR count). The Kier molecular flexibility index (Phi) is 7.78. The summed E-state index contributed by atoms with van der Waals surface area (Å²) in [6.07, 6.45) is 3.69. The van der Waals surface area contributed by atoms with Gasteiger partial charge in [0.1, 0.15) is 5.82 Å². The van der Waals surface area contributed by atoms with Gasteiger partial charge in [-0.15, -0.1) is 0 Å². The van der Waals surface area contributed by atoms with E-state index in [1.807, 2.05) is 61.1 Å². The monoisotopic (exact) mass is 422 g/mol. The fourth-order valence-corrected chi connectivity index (χ4v) is 3.33. The molecule has 1 atom stereocenters. The summed E-state index contributed by atoms with van der Waals surface area (Å²) in [6.45, 7) is 5.91. The van der Waals surface area contributed by atoms with Crippen molar-refractivity contribution in [2.75, 3.05) is 20.6 Å². The Morgan fingerprint density at radius 3 is 2.74 bits per heavy atom. The molecule has 2 aromatic carbocycles. The van der Waals surface area contributed by atoms with Crippen LogP contribution in [0.2, 0.25) is 0 Å². The second-order valence-corrected chi connectivity index (χ2v) is 7.77. The third kappa shape index (κ3) is 6.39. The molecule has 0 fully saturated rings. The topological polar surface area (TPSA) is 57.5 Å². The number of nitrogens with zero attached hydrogens (tertiary/aromatic N) is 4. The second kappa shape index (κ2) is 10.7. The quantitative estimate of drug-likeness (QED) is 0.427. The van der Waals surface area contributed by atoms with Crippen LogP contribution in [0.5, 0.6) is 0 Å². The van der Waals surface area contributed by atoms with E-state index >= 15 is 0 Å². The third-order valence-corrected chi connectivity index (χ3v) is 4.85. The Balaban J connectivity index is 1.72. The molecule has 0 saturated carbocycles. The molecule has 6 nitrogen and oxygen atoms in total. The van der Waals surface area contributed by atoms with Gasteiger partial charge in [0.05, 0.1) is 18.3 Å². The molecular formula is C24H31FN6. The number of hydrogen-bond acceptors (Lipinski definition) is 3. The summed E-state index contributed by atoms with van der Waals surface area (Å²) < 4.78 is 15.9. The molecule has 31 heavy (non-hydrogen) atoms. The summed E-state index contributed by atoms with van der Waals surface area (Å²) in [6, 6.07) is 15.4. The van der Waals surface area contributed by atoms with E-state index in [1.165, 1.54) is 6.07 Å². The van der Waals surface area contributed by atoms with E-state index in [1.54, 1.807) is 12.3 Å². The number of aliphatic imine (C=N–C) groups is 1. The predicted molar refractivity (Wildman–Crippen MR) is 124 cm³/mol. The van der Waals surface area contributed by atoms with Crippen LogP contribution in [0.4, 0.5) is 4.39 Å². The van der Waals surface area contributed by atoms with E-state index in [-0.39, 0.29) is 11.9 Å². The lowest BCUT2D eigenvalue weighted by molar-refractivity contribution is 0.392. The summed E-state index contributed by atoms with van der Waals surface area (Å²) in [4.78, 5) is 6.67. The zero-order valence-corrected chi connectivity index (χ0v) is 18.6. The first kappa shape index (κ1) is 22.5. The Hall–Kier alpha value is -3.19. The van der Waals surface area contributed by atoms with Gasteiger partial charge in [0.2, 0.25) is 0 Å². The Bertz CT molecular complexity index is 997. The molecule has 0 aliphatic heterocycles. The van der Waals surface area contributed by atoms with Gasteiger partial charge < -0.3 is 15.5 Å². The van der Waals surface area contributed by atoms with Crippen molar-refractivity contribution < 1.29 is 4.39 Å². The van der Waals surface area contributed by atoms with Gasteiger partial charge in [0.15, 0.2) is 5.96 Å². The zero-order chi connectivity index (χ0) is 22.2. The van der Waals surface area contributed by atoms with Crippen molar-refractivity contribution in [1.82, 2.24) is 25.3 Å². The van der Waals surface area contributed by atoms with E-state index in [4.69, 9.17) is 4.99 Å². The maximum absolute atomic E-state index is 14.1. The highest BCUT2D eigenvalue weighted by molar-refractivity contribution is 5.80. The molecule has 0 aliphatic carbocycles. The lowest BCUT2D eigenvalue weighted by Crippen LogP contribution is -2.38. The lowest BCUT2D eigenvalue weighted by atomic mass is 10.1. The van der Waals surface area contributed by atoms with Crippen molar-refractivity contribution in [2.45, 2.75) is 33.0 Å². The van der Waals surface area contributed by atoms with Crippen LogP contribution in [-0.4, -0.2) is 41.3 Å². The minimum atomic E-state index is -0.183. The number of nitrogens with one attached hydrogen (secondary N) is 2. The highest BCUT2D eigenvalue weighted by atomic mass is 19.1. The van der Waals surface area contributed by atoms with Crippen molar-refractivity contribution >= 4 is 5.96 Å². The average molecular weight is 423 g/mol. The van der Waals surface area contributed by atoms with Crippen LogP contribution < -0.4 is 10.6 Å². The molecule has 0 saturated heterocycles. The van der Waals surface area contributed by atoms with Gasteiger partial charge in [0, 0.05) is 31.0 Å². The predicted octanol–water partition coefficient (Wildman–Crippen LogP) is 3.89. The van der Waals surface area contributed by atoms with Crippen molar-refractivity contribution in [3.8, 4) is 5.69 Å². The first-order chi connectivity index (χ1) is 15.0. The first-order valence-electron chi connectivity index (χ1n) is 10.5. The van der Waals surface area contributed by atoms with Gasteiger partial charge in [-0.05, 0) is 69.4 Å². The SMILES string of the molecule is CCNC(=NCc1ccc(F)c(CN(C)C)c1)NC(C)c1cccc(-n2cccn2)c1. The van der Waals surface area contributed by atoms with E-state index in [0.29, 0.717) is 18.7 Å². The van der Waals surface area contributed by atoms with Gasteiger partial charge in [0.25, 0.3) is 0 Å². The molecule has 0 amide bonds. The van der Waals surface area contributed by atoms with Gasteiger partial charge in [-0.25, -0.2) is 14.1 Å². The molecule has 1 heterocycles. The average Bonchev–Trinajstić information content (AvgIpc) is 3.29. The van der Waals surface area contributed by atoms with Crippen LogP contribution in [-0.2, 0) is 13.1 Å². The lowest BCUT2D eigenvalue weighted by Gasteiger charge is -2.19. The fraction of sp³-hybridized carbons (Fsp3) is 0.333. The number of rotatable bonds is 8. The highest BCUT2D eigenvalue weighted by Crippen LogP contribution is 2.17. The normalized spacial score (nSPS) is 12.8. The molecule has 0 radical (unpaired) electrons. The molecule has 0 bridgehead atoms. The summed E-state index contributed by atoms with van der Waals surface area (Å²) in [5.74, 6) is 0.537. The van der Waals surface area contributed by atoms with Gasteiger partial charge in [-0.1, -0.05) is 18.2 Å². The minimum absolute atomic E-state index is 0.0471. The van der Waals surface area contributed by atoms with E-state index < -0.39 is 0 Å². The van der Waals surface area contributed by atoms with Gasteiger partial charge >= 0.3 is 0 Å². The van der Waals surface area contributed by atoms with Gasteiger partial charge in [-0.3, -0.25) is 0 Å². The Morgan fingerprint density at radius 2 is 2.03 bits per heavy atom. The van der Waals surface area contributed by atoms with Crippen molar-refractivity contribution in [3.05, 3.63) is 83.4 Å². The first-order valence-corrected chi connectivity index (χ1v) is 10.5. The maximum atomic E-state index is 14.1. The van der Waals surface area contributed by atoms with Gasteiger partial charge in [-0.2, -0.15) is 5.10 Å². The van der Waals surface area contributed by atoms with Crippen LogP contribution >= 0.6 is 0 Å². The van der Waals surface area contributed by atoms with Crippen molar-refractivity contribution in [2.24, 2.45) is 4.99 Å². The van der Waals surface area contributed by atoms with E-state index in [9.17, 15) is 4.39 Å². The number of guanidine groups is 1. The maximum Gasteiger partial charge on any atom is 0.192 e. The fourth-order valence-electron chi connectivity index (χ4n) is 3.33. The Labute approximate surface area is 183 Å². The summed E-state index contributed by atoms with van der Waals surface area (Å²) in [7, 11) is 3.86. The van der Waals surface area contributed by atoms with Crippen LogP contribution in [0.25, 0.3) is 5.69 Å². The molecule has 1 aromatic heterocycles. The third-order valence-electron chi connectivity index (χ3n) is 4.85. The molecule has 0 spiro atoms. The van der Waals surface area contributed by atoms with Crippen molar-refractivity contribution in [3.63, 3.8) is 0 Å². The minimum Gasteiger partial charge on any atom is -0.357 e. The highest BCUT2D eigenvalue weighted by Gasteiger charge is 2.10. The molecular weight excluding hydrogens is 391 g/mol. The zero-order valence-electron chi connectivity index (χ0n) is 18.6. The smallest absolute Gasteiger partial charge is 0.192 e. The molecule has 1 unspecified atom stereocenters. The summed E-state index contributed by atoms with van der Waals surface area (Å²) in [5, 5.41) is 11.1. The summed E-state index contributed by atoms with van der Waals surface area (Å²) in [5.41, 5.74) is 3.80. The molecule has 0 aliphatic rings. The number of hydrogen-bond donors (Lipinski definition) is 2. The Morgan fingerprint density at radius 1 is 1.19 bits per heavy atom. The van der Waals surface area contributed by atoms with E-state index in [2.05, 4.69) is 34.8 Å². The van der Waals surface area contributed by atoms with Crippen LogP contribution in [0, 0.1) is 5.82 Å².